The molecule has 0 aromatic heterocycles. The van der Waals surface area contributed by atoms with E-state index >= 15 is 0 Å². The Labute approximate surface area is 182 Å². The van der Waals surface area contributed by atoms with Crippen molar-refractivity contribution in [3.8, 4) is 0 Å². The van der Waals surface area contributed by atoms with Gasteiger partial charge in [-0.1, -0.05) is 35.5 Å². The molecule has 2 bridgehead atoms. The molecule has 0 saturated carbocycles. The Morgan fingerprint density at radius 2 is 2.03 bits per heavy atom. The lowest BCUT2D eigenvalue weighted by molar-refractivity contribution is -0.140. The second-order valence-corrected chi connectivity index (χ2v) is 9.16. The molecule has 3 aliphatic heterocycles. The third kappa shape index (κ3) is 5.10. The minimum Gasteiger partial charge on any atom is -0.444 e. The van der Waals surface area contributed by atoms with Crippen LogP contribution in [-0.4, -0.2) is 64.7 Å². The number of ether oxygens (including phenoxy) is 1. The first-order valence-electron chi connectivity index (χ1n) is 10.8. The molecule has 2 saturated heterocycles. The monoisotopic (exact) mass is 430 g/mol. The van der Waals surface area contributed by atoms with E-state index in [1.54, 1.807) is 0 Å². The first-order chi connectivity index (χ1) is 14.8. The molecule has 3 amide bonds. The van der Waals surface area contributed by atoms with E-state index in [0.29, 0.717) is 26.1 Å². The lowest BCUT2D eigenvalue weighted by Gasteiger charge is -2.29. The number of carbonyl (C=O) groups excluding carboxylic acids is 2. The number of fused-ring (bicyclic) bond motifs is 2. The van der Waals surface area contributed by atoms with Crippen LogP contribution < -0.4 is 5.32 Å². The van der Waals surface area contributed by atoms with Gasteiger partial charge < -0.3 is 19.8 Å². The largest absolute Gasteiger partial charge is 0.444 e. The van der Waals surface area contributed by atoms with E-state index in [2.05, 4.69) is 10.5 Å². The highest BCUT2D eigenvalue weighted by molar-refractivity contribution is 5.94. The summed E-state index contributed by atoms with van der Waals surface area (Å²) in [6.45, 7) is 6.74. The van der Waals surface area contributed by atoms with Crippen LogP contribution in [0.1, 0.15) is 45.6 Å². The molecule has 3 heterocycles. The maximum absolute atomic E-state index is 13.0. The molecule has 3 aliphatic rings. The van der Waals surface area contributed by atoms with E-state index in [1.165, 1.54) is 5.06 Å². The number of hydroxylamine groups is 2. The summed E-state index contributed by atoms with van der Waals surface area (Å²) < 4.78 is 5.25. The number of amides is 3. The number of hydrogen-bond acceptors (Lipinski definition) is 6. The fraction of sp³-hybridized carbons (Fsp3) is 0.591. The van der Waals surface area contributed by atoms with Crippen molar-refractivity contribution >= 4 is 17.8 Å². The summed E-state index contributed by atoms with van der Waals surface area (Å²) >= 11 is 0. The Morgan fingerprint density at radius 3 is 2.77 bits per heavy atom. The minimum atomic E-state index is -0.550. The van der Waals surface area contributed by atoms with Gasteiger partial charge in [-0.25, -0.2) is 9.59 Å². The quantitative estimate of drug-likeness (QED) is 0.749. The second-order valence-electron chi connectivity index (χ2n) is 9.16. The summed E-state index contributed by atoms with van der Waals surface area (Å²) in [4.78, 5) is 38.0. The lowest BCUT2D eigenvalue weighted by Crippen LogP contribution is -2.45. The Balaban J connectivity index is 1.28. The van der Waals surface area contributed by atoms with Crippen LogP contribution in [0, 0.1) is 0 Å². The number of rotatable bonds is 6. The first-order valence-corrected chi connectivity index (χ1v) is 10.8. The topological polar surface area (TPSA) is 92.7 Å². The van der Waals surface area contributed by atoms with Gasteiger partial charge in [-0.2, -0.15) is 5.06 Å². The maximum Gasteiger partial charge on any atom is 0.407 e. The molecule has 1 N–H and O–H groups in total. The molecular weight excluding hydrogens is 400 g/mol. The summed E-state index contributed by atoms with van der Waals surface area (Å²) in [5, 5.41) is 8.47. The van der Waals surface area contributed by atoms with Crippen molar-refractivity contribution in [3.05, 3.63) is 35.9 Å². The Hall–Kier alpha value is -2.81. The van der Waals surface area contributed by atoms with Crippen LogP contribution in [0.2, 0.25) is 0 Å². The lowest BCUT2D eigenvalue weighted by atomic mass is 9.94. The fourth-order valence-electron chi connectivity index (χ4n) is 4.13. The molecular formula is C22H30N4O5. The number of benzene rings is 1. The van der Waals surface area contributed by atoms with Gasteiger partial charge in [0.05, 0.1) is 24.3 Å². The number of urea groups is 1. The molecule has 0 spiro atoms. The number of carbonyl (C=O) groups is 2. The zero-order chi connectivity index (χ0) is 22.0. The molecule has 2 fully saturated rings. The molecule has 9 heteroatoms. The summed E-state index contributed by atoms with van der Waals surface area (Å²) in [5.41, 5.74) is 1.32. The number of nitrogens with one attached hydrogen (secondary N) is 1. The average molecular weight is 431 g/mol. The van der Waals surface area contributed by atoms with Crippen molar-refractivity contribution < 1.29 is 24.0 Å². The first kappa shape index (κ1) is 21.4. The van der Waals surface area contributed by atoms with Gasteiger partial charge in [-0.15, -0.1) is 0 Å². The van der Waals surface area contributed by atoms with Gasteiger partial charge in [0, 0.05) is 13.0 Å². The van der Waals surface area contributed by atoms with Gasteiger partial charge in [-0.3, -0.25) is 4.84 Å². The van der Waals surface area contributed by atoms with Crippen molar-refractivity contribution in [2.45, 2.75) is 70.4 Å². The van der Waals surface area contributed by atoms with Crippen molar-refractivity contribution in [2.24, 2.45) is 5.16 Å². The van der Waals surface area contributed by atoms with Crippen LogP contribution in [0.15, 0.2) is 35.5 Å². The fourth-order valence-corrected chi connectivity index (χ4v) is 4.13. The summed E-state index contributed by atoms with van der Waals surface area (Å²) in [7, 11) is 0. The maximum atomic E-state index is 13.0. The highest BCUT2D eigenvalue weighted by Crippen LogP contribution is 2.33. The Kier molecular flexibility index (Phi) is 6.04. The van der Waals surface area contributed by atoms with Crippen molar-refractivity contribution in [3.63, 3.8) is 0 Å². The van der Waals surface area contributed by atoms with Crippen LogP contribution >= 0.6 is 0 Å². The van der Waals surface area contributed by atoms with E-state index in [4.69, 9.17) is 14.4 Å². The van der Waals surface area contributed by atoms with E-state index in [9.17, 15) is 9.59 Å². The predicted octanol–water partition coefficient (Wildman–Crippen LogP) is 3.06. The molecule has 9 nitrogen and oxygen atoms in total. The van der Waals surface area contributed by atoms with Gasteiger partial charge in [-0.05, 0) is 39.2 Å². The highest BCUT2D eigenvalue weighted by atomic mass is 16.7. The number of nitrogens with zero attached hydrogens (tertiary/aromatic N) is 3. The smallest absolute Gasteiger partial charge is 0.407 e. The summed E-state index contributed by atoms with van der Waals surface area (Å²) in [6, 6.07) is 9.65. The van der Waals surface area contributed by atoms with Gasteiger partial charge in [0.1, 0.15) is 18.3 Å². The molecule has 3 atom stereocenters. The van der Waals surface area contributed by atoms with Gasteiger partial charge in [0.2, 0.25) is 0 Å². The Morgan fingerprint density at radius 1 is 1.26 bits per heavy atom. The third-order valence-corrected chi connectivity index (χ3v) is 5.55. The summed E-state index contributed by atoms with van der Waals surface area (Å²) in [5.74, 6) is 0. The van der Waals surface area contributed by atoms with Crippen molar-refractivity contribution in [1.82, 2.24) is 15.3 Å². The SMILES string of the molecule is CC(C)(C)OC(=O)NC[C@H]1CC([C@@H]2CC[C@@H]3CN2C(=O)N3OCc2ccccc2)=NO1. The molecule has 1 aromatic carbocycles. The molecule has 0 aliphatic carbocycles. The molecule has 168 valence electrons. The number of alkyl carbamates (subject to hydrolysis) is 1. The number of piperidine rings is 1. The zero-order valence-corrected chi connectivity index (χ0v) is 18.2. The number of oxime groups is 1. The van der Waals surface area contributed by atoms with Gasteiger partial charge >= 0.3 is 12.1 Å². The summed E-state index contributed by atoms with van der Waals surface area (Å²) in [6.07, 6.45) is 1.49. The van der Waals surface area contributed by atoms with Crippen LogP contribution in [-0.2, 0) is 21.0 Å². The van der Waals surface area contributed by atoms with E-state index in [1.807, 2.05) is 56.0 Å². The van der Waals surface area contributed by atoms with Crippen LogP contribution in [0.3, 0.4) is 0 Å². The average Bonchev–Trinajstić information content (AvgIpc) is 3.29. The molecule has 0 radical (unpaired) electrons. The molecule has 4 rings (SSSR count). The minimum absolute atomic E-state index is 0.0556. The van der Waals surface area contributed by atoms with E-state index < -0.39 is 11.7 Å². The molecule has 1 aromatic rings. The van der Waals surface area contributed by atoms with E-state index in [-0.39, 0.29) is 24.2 Å². The zero-order valence-electron chi connectivity index (χ0n) is 18.2. The van der Waals surface area contributed by atoms with Crippen LogP contribution in [0.5, 0.6) is 0 Å². The number of hydrogen-bond donors (Lipinski definition) is 1. The van der Waals surface area contributed by atoms with E-state index in [0.717, 1.165) is 24.1 Å². The van der Waals surface area contributed by atoms with Crippen LogP contribution in [0.4, 0.5) is 9.59 Å². The van der Waals surface area contributed by atoms with Crippen molar-refractivity contribution in [2.75, 3.05) is 13.1 Å². The Bertz CT molecular complexity index is 838. The standard InChI is InChI=1S/C22H30N4O5/c1-22(2,3)30-20(27)23-12-17-11-18(24-31-17)19-10-9-16-13-25(19)21(28)26(16)29-14-15-7-5-4-6-8-15/h4-8,16-17,19H,9-14H2,1-3H3,(H,23,27)/t16-,17-,19+/m1/s1. The molecule has 31 heavy (non-hydrogen) atoms. The highest BCUT2D eigenvalue weighted by Gasteiger charge is 2.48. The molecule has 0 unspecified atom stereocenters. The van der Waals surface area contributed by atoms with Gasteiger partial charge in [0.15, 0.2) is 0 Å². The third-order valence-electron chi connectivity index (χ3n) is 5.55. The second kappa shape index (κ2) is 8.74. The van der Waals surface area contributed by atoms with Crippen LogP contribution in [0.25, 0.3) is 0 Å². The van der Waals surface area contributed by atoms with Crippen molar-refractivity contribution in [1.29, 1.82) is 0 Å². The van der Waals surface area contributed by atoms with Gasteiger partial charge in [0.25, 0.3) is 0 Å². The normalized spacial score (nSPS) is 25.3. The predicted molar refractivity (Wildman–Crippen MR) is 113 cm³/mol.